The van der Waals surface area contributed by atoms with Crippen molar-refractivity contribution in [1.82, 2.24) is 19.5 Å². The number of esters is 1. The number of carbonyl (C=O) groups excluding carboxylic acids is 2. The molecule has 2 N–H and O–H groups in total. The molecule has 2 aliphatic heterocycles. The van der Waals surface area contributed by atoms with Gasteiger partial charge in [-0.2, -0.15) is 4.98 Å². The van der Waals surface area contributed by atoms with E-state index in [-0.39, 0.29) is 57.7 Å². The van der Waals surface area contributed by atoms with Gasteiger partial charge in [-0.05, 0) is 22.2 Å². The van der Waals surface area contributed by atoms with Gasteiger partial charge in [0.05, 0.1) is 12.9 Å². The lowest BCUT2D eigenvalue weighted by molar-refractivity contribution is -0.155. The highest BCUT2D eigenvalue weighted by Crippen LogP contribution is 2.49. The van der Waals surface area contributed by atoms with E-state index in [0.717, 1.165) is 0 Å². The van der Waals surface area contributed by atoms with Gasteiger partial charge in [-0.3, -0.25) is 29.3 Å². The lowest BCUT2D eigenvalue weighted by atomic mass is 10.1. The van der Waals surface area contributed by atoms with Gasteiger partial charge in [0.2, 0.25) is 11.9 Å². The van der Waals surface area contributed by atoms with Gasteiger partial charge in [0.1, 0.15) is 12.2 Å². The van der Waals surface area contributed by atoms with Crippen LogP contribution < -0.4 is 10.9 Å². The smallest absolute Gasteiger partial charge is 0.335 e. The molecule has 2 aliphatic rings. The largest absolute Gasteiger partial charge is 0.455 e. The number of hydrogen-bond donors (Lipinski definition) is 2. The van der Waals surface area contributed by atoms with Gasteiger partial charge in [-0.25, -0.2) is 4.98 Å². The van der Waals surface area contributed by atoms with Gasteiger partial charge >= 0.3 is 23.1 Å². The lowest BCUT2D eigenvalue weighted by Crippen LogP contribution is -2.66. The number of nitrogens with one attached hydrogen (secondary N) is 2. The Labute approximate surface area is 254 Å². The molecule has 4 rings (SSSR count). The Bertz CT molecular complexity index is 1370. The van der Waals surface area contributed by atoms with Crippen molar-refractivity contribution in [2.45, 2.75) is 123 Å². The number of amides is 1. The third-order valence-electron chi connectivity index (χ3n) is 8.39. The van der Waals surface area contributed by atoms with Crippen LogP contribution in [0.4, 0.5) is 5.95 Å². The minimum absolute atomic E-state index is 0.0188. The highest BCUT2D eigenvalue weighted by molar-refractivity contribution is 6.84. The number of anilines is 1. The summed E-state index contributed by atoms with van der Waals surface area (Å²) in [5.41, 5.74) is 0.0882. The normalized spacial score (nSPS) is 25.4. The van der Waals surface area contributed by atoms with E-state index in [9.17, 15) is 14.4 Å². The van der Waals surface area contributed by atoms with Crippen molar-refractivity contribution < 1.29 is 32.0 Å². The van der Waals surface area contributed by atoms with Crippen molar-refractivity contribution in [3.8, 4) is 0 Å². The number of H-pyrrole nitrogens is 1. The van der Waals surface area contributed by atoms with Gasteiger partial charge in [0, 0.05) is 12.8 Å². The first-order valence-electron chi connectivity index (χ1n) is 15.2. The maximum absolute atomic E-state index is 12.9. The average Bonchev–Trinajstić information content (AvgIpc) is 3.44. The summed E-state index contributed by atoms with van der Waals surface area (Å²) in [6, 6.07) is 0. The molecule has 2 aromatic heterocycles. The number of imidazole rings is 1. The maximum atomic E-state index is 12.9. The third-order valence-corrected chi connectivity index (χ3v) is 18.6. The Morgan fingerprint density at radius 3 is 2.16 bits per heavy atom. The van der Waals surface area contributed by atoms with E-state index < -0.39 is 53.2 Å². The number of carbonyl (C=O) groups is 2. The molecule has 240 valence electrons. The second kappa shape index (κ2) is 12.5. The van der Waals surface area contributed by atoms with E-state index in [1.54, 1.807) is 18.4 Å². The number of rotatable bonds is 8. The number of fused-ring (bicyclic) bond motifs is 2. The highest BCUT2D eigenvalue weighted by atomic mass is 28.5. The molecule has 4 atom stereocenters. The van der Waals surface area contributed by atoms with E-state index in [2.05, 4.69) is 75.7 Å². The van der Waals surface area contributed by atoms with Crippen molar-refractivity contribution in [2.24, 2.45) is 5.92 Å². The quantitative estimate of drug-likeness (QED) is 0.312. The molecular weight excluding hydrogens is 591 g/mol. The van der Waals surface area contributed by atoms with E-state index in [4.69, 9.17) is 22.4 Å². The number of aromatic nitrogens is 4. The molecule has 4 heterocycles. The first kappa shape index (κ1) is 33.5. The molecule has 15 heteroatoms. The summed E-state index contributed by atoms with van der Waals surface area (Å²) in [6.07, 6.45) is -1.75. The Balaban J connectivity index is 1.85. The summed E-state index contributed by atoms with van der Waals surface area (Å²) in [5.74, 6) is -1.17. The van der Waals surface area contributed by atoms with Crippen LogP contribution in [-0.4, -0.2) is 73.4 Å². The van der Waals surface area contributed by atoms with Crippen molar-refractivity contribution in [2.75, 3.05) is 11.9 Å². The summed E-state index contributed by atoms with van der Waals surface area (Å²) in [4.78, 5) is 49.1. The molecule has 1 amide bonds. The topological polar surface area (TPSA) is 156 Å². The molecule has 2 aromatic rings. The lowest BCUT2D eigenvalue weighted by Gasteiger charge is -2.51. The first-order chi connectivity index (χ1) is 20.0. The molecule has 0 unspecified atom stereocenters. The van der Waals surface area contributed by atoms with Crippen LogP contribution in [0.2, 0.25) is 22.2 Å². The zero-order valence-electron chi connectivity index (χ0n) is 27.1. The average molecular weight is 638 g/mol. The standard InChI is InChI=1S/C28H47N5O8Si2/c1-14(2)25(35)31-28-30-24-21(26(36)32-28)29-13-33(24)27-23(38-19(11)34)22-20(39-27)12-37-42(15(3)4,16(5)6)41-43(40-22,17(7)8)18(9)10/h13-18,20,22-23,27H,12H2,1-11H3,(H2,30,31,32,35,36)/t20-,22-,23+,27+/m0/s1. The van der Waals surface area contributed by atoms with Crippen LogP contribution in [0.5, 0.6) is 0 Å². The van der Waals surface area contributed by atoms with Crippen LogP contribution in [0.15, 0.2) is 11.1 Å². The Morgan fingerprint density at radius 1 is 1.02 bits per heavy atom. The monoisotopic (exact) mass is 637 g/mol. The van der Waals surface area contributed by atoms with Crippen LogP contribution in [0, 0.1) is 5.92 Å². The fourth-order valence-electron chi connectivity index (χ4n) is 6.10. The molecule has 13 nitrogen and oxygen atoms in total. The van der Waals surface area contributed by atoms with Gasteiger partial charge in [-0.1, -0.05) is 69.2 Å². The number of aromatic amines is 1. The molecule has 2 fully saturated rings. The van der Waals surface area contributed by atoms with Crippen molar-refractivity contribution in [3.63, 3.8) is 0 Å². The predicted octanol–water partition coefficient (Wildman–Crippen LogP) is 4.50. The zero-order valence-corrected chi connectivity index (χ0v) is 29.1. The van der Waals surface area contributed by atoms with Crippen LogP contribution in [0.1, 0.15) is 82.4 Å². The van der Waals surface area contributed by atoms with Crippen LogP contribution in [0.3, 0.4) is 0 Å². The Morgan fingerprint density at radius 2 is 1.63 bits per heavy atom. The van der Waals surface area contributed by atoms with Gasteiger partial charge in [0.15, 0.2) is 23.5 Å². The van der Waals surface area contributed by atoms with E-state index in [0.29, 0.717) is 0 Å². The van der Waals surface area contributed by atoms with Crippen molar-refractivity contribution in [3.05, 3.63) is 16.7 Å². The van der Waals surface area contributed by atoms with Gasteiger partial charge < -0.3 is 22.4 Å². The fraction of sp³-hybridized carbons (Fsp3) is 0.750. The second-order valence-corrected chi connectivity index (χ2v) is 21.9. The molecular formula is C28H47N5O8Si2. The molecule has 0 aliphatic carbocycles. The van der Waals surface area contributed by atoms with Crippen molar-refractivity contribution >= 4 is 46.1 Å². The number of hydrogen-bond acceptors (Lipinski definition) is 10. The molecule has 43 heavy (non-hydrogen) atoms. The first-order valence-corrected chi connectivity index (χ1v) is 19.1. The zero-order chi connectivity index (χ0) is 32.0. The third kappa shape index (κ3) is 6.11. The molecule has 0 spiro atoms. The minimum Gasteiger partial charge on any atom is -0.455 e. The van der Waals surface area contributed by atoms with Crippen molar-refractivity contribution in [1.29, 1.82) is 0 Å². The van der Waals surface area contributed by atoms with E-state index in [1.807, 2.05) is 0 Å². The summed E-state index contributed by atoms with van der Waals surface area (Å²) < 4.78 is 35.4. The predicted molar refractivity (Wildman–Crippen MR) is 165 cm³/mol. The van der Waals surface area contributed by atoms with Crippen LogP contribution in [0.25, 0.3) is 11.2 Å². The SMILES string of the molecule is CC(=O)O[C@@H]1[C@H]2O[Si](C(C)C)(C(C)C)O[Si](C(C)C)(C(C)C)OC[C@@H]2O[C@H]1n1cnc2c(=O)[nH]c(NC(=O)C(C)C)nc21. The molecule has 0 radical (unpaired) electrons. The summed E-state index contributed by atoms with van der Waals surface area (Å²) in [6.45, 7) is 22.0. The Kier molecular flexibility index (Phi) is 9.74. The molecule has 0 aromatic carbocycles. The van der Waals surface area contributed by atoms with E-state index in [1.165, 1.54) is 13.3 Å². The van der Waals surface area contributed by atoms with Crippen LogP contribution >= 0.6 is 0 Å². The summed E-state index contributed by atoms with van der Waals surface area (Å²) in [7, 11) is -5.89. The number of nitrogens with zero attached hydrogens (tertiary/aromatic N) is 3. The fourth-order valence-corrected chi connectivity index (χ4v) is 17.3. The Hall–Kier alpha value is -2.44. The molecule has 0 saturated carbocycles. The second-order valence-electron chi connectivity index (χ2n) is 13.1. The van der Waals surface area contributed by atoms with Crippen LogP contribution in [-0.2, 0) is 32.0 Å². The van der Waals surface area contributed by atoms with E-state index >= 15 is 0 Å². The maximum Gasteiger partial charge on any atom is 0.335 e. The summed E-state index contributed by atoms with van der Waals surface area (Å²) >= 11 is 0. The van der Waals surface area contributed by atoms with Gasteiger partial charge in [0.25, 0.3) is 5.56 Å². The minimum atomic E-state index is -3.05. The molecule has 2 saturated heterocycles. The number of ether oxygens (including phenoxy) is 2. The highest BCUT2D eigenvalue weighted by Gasteiger charge is 2.62. The molecule has 0 bridgehead atoms. The van der Waals surface area contributed by atoms with Gasteiger partial charge in [-0.15, -0.1) is 0 Å². The summed E-state index contributed by atoms with van der Waals surface area (Å²) in [5, 5.41) is 2.63.